The fraction of sp³-hybridized carbons (Fsp3) is 0.333. The SMILES string of the molecule is COc1ccc([C@@H](CO)N(C)C[C@H](O)c2ccccc2)cc1. The van der Waals surface area contributed by atoms with Gasteiger partial charge in [0.2, 0.25) is 0 Å². The molecule has 2 aromatic carbocycles. The molecule has 118 valence electrons. The Balaban J connectivity index is 2.06. The molecule has 4 nitrogen and oxygen atoms in total. The van der Waals surface area contributed by atoms with Crippen LogP contribution in [0.4, 0.5) is 0 Å². The summed E-state index contributed by atoms with van der Waals surface area (Å²) in [6.07, 6.45) is -0.585. The number of nitrogens with zero attached hydrogens (tertiary/aromatic N) is 1. The molecule has 2 aromatic rings. The molecule has 4 heteroatoms. The third-order valence-electron chi connectivity index (χ3n) is 3.85. The Morgan fingerprint density at radius 3 is 2.18 bits per heavy atom. The van der Waals surface area contributed by atoms with E-state index in [1.807, 2.05) is 66.5 Å². The number of ether oxygens (including phenoxy) is 1. The standard InChI is InChI=1S/C18H23NO3/c1-19(12-18(21)15-6-4-3-5-7-15)17(13-20)14-8-10-16(22-2)11-9-14/h3-11,17-18,20-21H,12-13H2,1-2H3/t17-,18+/m1/s1. The molecule has 0 fully saturated rings. The Bertz CT molecular complexity index is 556. The molecule has 0 heterocycles. The van der Waals surface area contributed by atoms with E-state index in [-0.39, 0.29) is 12.6 Å². The van der Waals surface area contributed by atoms with Crippen LogP contribution in [-0.4, -0.2) is 42.4 Å². The van der Waals surface area contributed by atoms with Gasteiger partial charge in [0.05, 0.1) is 25.9 Å². The van der Waals surface area contributed by atoms with Gasteiger partial charge in [0.15, 0.2) is 0 Å². The molecule has 0 saturated carbocycles. The van der Waals surface area contributed by atoms with E-state index in [1.54, 1.807) is 7.11 Å². The fourth-order valence-corrected chi connectivity index (χ4v) is 2.51. The molecule has 0 bridgehead atoms. The minimum atomic E-state index is -0.585. The van der Waals surface area contributed by atoms with Gasteiger partial charge in [0.25, 0.3) is 0 Å². The summed E-state index contributed by atoms with van der Waals surface area (Å²) >= 11 is 0. The van der Waals surface area contributed by atoms with Crippen LogP contribution in [0.25, 0.3) is 0 Å². The van der Waals surface area contributed by atoms with Gasteiger partial charge >= 0.3 is 0 Å². The molecule has 0 aliphatic carbocycles. The summed E-state index contributed by atoms with van der Waals surface area (Å²) < 4.78 is 5.15. The highest BCUT2D eigenvalue weighted by atomic mass is 16.5. The monoisotopic (exact) mass is 301 g/mol. The molecule has 0 radical (unpaired) electrons. The normalized spacial score (nSPS) is 13.9. The number of hydrogen-bond donors (Lipinski definition) is 2. The van der Waals surface area contributed by atoms with Crippen molar-refractivity contribution < 1.29 is 14.9 Å². The first-order valence-electron chi connectivity index (χ1n) is 7.33. The minimum Gasteiger partial charge on any atom is -0.497 e. The van der Waals surface area contributed by atoms with Gasteiger partial charge in [-0.25, -0.2) is 0 Å². The topological polar surface area (TPSA) is 52.9 Å². The number of aliphatic hydroxyl groups is 2. The van der Waals surface area contributed by atoms with Crippen LogP contribution in [0, 0.1) is 0 Å². The third kappa shape index (κ3) is 4.07. The summed E-state index contributed by atoms with van der Waals surface area (Å²) in [4.78, 5) is 1.96. The summed E-state index contributed by atoms with van der Waals surface area (Å²) in [5.74, 6) is 0.785. The second-order valence-corrected chi connectivity index (χ2v) is 5.34. The third-order valence-corrected chi connectivity index (χ3v) is 3.85. The molecule has 0 amide bonds. The van der Waals surface area contributed by atoms with E-state index in [0.29, 0.717) is 6.54 Å². The molecule has 22 heavy (non-hydrogen) atoms. The van der Waals surface area contributed by atoms with Gasteiger partial charge in [-0.15, -0.1) is 0 Å². The molecule has 0 spiro atoms. The van der Waals surface area contributed by atoms with Gasteiger partial charge in [-0.1, -0.05) is 42.5 Å². The minimum absolute atomic E-state index is 0.00958. The number of hydrogen-bond acceptors (Lipinski definition) is 4. The molecule has 0 saturated heterocycles. The Hall–Kier alpha value is -1.88. The molecule has 0 aromatic heterocycles. The van der Waals surface area contributed by atoms with E-state index in [2.05, 4.69) is 0 Å². The van der Waals surface area contributed by atoms with E-state index in [1.165, 1.54) is 0 Å². The van der Waals surface area contributed by atoms with Crippen molar-refractivity contribution in [2.75, 3.05) is 27.3 Å². The lowest BCUT2D eigenvalue weighted by atomic mass is 10.0. The van der Waals surface area contributed by atoms with Crippen LogP contribution in [0.15, 0.2) is 54.6 Å². The Morgan fingerprint density at radius 1 is 1.00 bits per heavy atom. The number of benzene rings is 2. The first-order valence-corrected chi connectivity index (χ1v) is 7.33. The van der Waals surface area contributed by atoms with Gasteiger partial charge in [0, 0.05) is 6.54 Å². The number of aliphatic hydroxyl groups excluding tert-OH is 2. The van der Waals surface area contributed by atoms with E-state index < -0.39 is 6.10 Å². The predicted molar refractivity (Wildman–Crippen MR) is 86.9 cm³/mol. The number of rotatable bonds is 7. The summed E-state index contributed by atoms with van der Waals surface area (Å²) in [7, 11) is 3.53. The van der Waals surface area contributed by atoms with E-state index >= 15 is 0 Å². The first-order chi connectivity index (χ1) is 10.7. The molecular weight excluding hydrogens is 278 g/mol. The van der Waals surface area contributed by atoms with Crippen molar-refractivity contribution in [1.82, 2.24) is 4.90 Å². The van der Waals surface area contributed by atoms with Gasteiger partial charge in [0.1, 0.15) is 5.75 Å². The van der Waals surface area contributed by atoms with Crippen LogP contribution in [0.5, 0.6) is 5.75 Å². The second-order valence-electron chi connectivity index (χ2n) is 5.34. The van der Waals surface area contributed by atoms with Crippen LogP contribution in [0.1, 0.15) is 23.3 Å². The second kappa shape index (κ2) is 7.94. The molecule has 0 unspecified atom stereocenters. The maximum absolute atomic E-state index is 10.3. The fourth-order valence-electron chi connectivity index (χ4n) is 2.51. The van der Waals surface area contributed by atoms with E-state index in [9.17, 15) is 10.2 Å². The zero-order valence-corrected chi connectivity index (χ0v) is 13.0. The van der Waals surface area contributed by atoms with Gasteiger partial charge in [-0.2, -0.15) is 0 Å². The zero-order valence-electron chi connectivity index (χ0n) is 13.0. The number of likely N-dealkylation sites (N-methyl/N-ethyl adjacent to an activating group) is 1. The smallest absolute Gasteiger partial charge is 0.118 e. The van der Waals surface area contributed by atoms with Gasteiger partial charge < -0.3 is 14.9 Å². The Morgan fingerprint density at radius 2 is 1.64 bits per heavy atom. The lowest BCUT2D eigenvalue weighted by Gasteiger charge is -2.29. The van der Waals surface area contributed by atoms with Crippen LogP contribution in [0.2, 0.25) is 0 Å². The van der Waals surface area contributed by atoms with E-state index in [4.69, 9.17) is 4.74 Å². The van der Waals surface area contributed by atoms with Crippen LogP contribution in [-0.2, 0) is 0 Å². The first kappa shape index (κ1) is 16.5. The number of methoxy groups -OCH3 is 1. The highest BCUT2D eigenvalue weighted by Crippen LogP contribution is 2.24. The van der Waals surface area contributed by atoms with Crippen LogP contribution < -0.4 is 4.74 Å². The predicted octanol–water partition coefficient (Wildman–Crippen LogP) is 2.39. The van der Waals surface area contributed by atoms with Crippen molar-refractivity contribution >= 4 is 0 Å². The quantitative estimate of drug-likeness (QED) is 0.824. The molecular formula is C18H23NO3. The maximum Gasteiger partial charge on any atom is 0.118 e. The Labute approximate surface area is 131 Å². The van der Waals surface area contributed by atoms with Crippen LogP contribution >= 0.6 is 0 Å². The van der Waals surface area contributed by atoms with Crippen LogP contribution in [0.3, 0.4) is 0 Å². The zero-order chi connectivity index (χ0) is 15.9. The van der Waals surface area contributed by atoms with Crippen molar-refractivity contribution in [2.45, 2.75) is 12.1 Å². The highest BCUT2D eigenvalue weighted by molar-refractivity contribution is 5.29. The molecule has 2 atom stereocenters. The molecule has 2 N–H and O–H groups in total. The van der Waals surface area contributed by atoms with Crippen molar-refractivity contribution in [3.05, 3.63) is 65.7 Å². The molecule has 2 rings (SSSR count). The van der Waals surface area contributed by atoms with Crippen molar-refractivity contribution in [2.24, 2.45) is 0 Å². The summed E-state index contributed by atoms with van der Waals surface area (Å²) in [6, 6.07) is 17.0. The maximum atomic E-state index is 10.3. The Kier molecular flexibility index (Phi) is 5.95. The van der Waals surface area contributed by atoms with Gasteiger partial charge in [-0.05, 0) is 30.3 Å². The average Bonchev–Trinajstić information content (AvgIpc) is 2.57. The average molecular weight is 301 g/mol. The summed E-state index contributed by atoms with van der Waals surface area (Å²) in [5, 5.41) is 20.0. The molecule has 0 aliphatic heterocycles. The van der Waals surface area contributed by atoms with E-state index in [0.717, 1.165) is 16.9 Å². The lowest BCUT2D eigenvalue weighted by molar-refractivity contribution is 0.0795. The molecule has 0 aliphatic rings. The lowest BCUT2D eigenvalue weighted by Crippen LogP contribution is -2.31. The summed E-state index contributed by atoms with van der Waals surface area (Å²) in [6.45, 7) is 0.436. The van der Waals surface area contributed by atoms with Crippen molar-refractivity contribution in [3.63, 3.8) is 0 Å². The van der Waals surface area contributed by atoms with Crippen molar-refractivity contribution in [3.8, 4) is 5.75 Å². The largest absolute Gasteiger partial charge is 0.497 e. The van der Waals surface area contributed by atoms with Gasteiger partial charge in [-0.3, -0.25) is 4.90 Å². The summed E-state index contributed by atoms with van der Waals surface area (Å²) in [5.41, 5.74) is 1.87. The van der Waals surface area contributed by atoms with Crippen molar-refractivity contribution in [1.29, 1.82) is 0 Å². The highest BCUT2D eigenvalue weighted by Gasteiger charge is 2.19.